The summed E-state index contributed by atoms with van der Waals surface area (Å²) in [5, 5.41) is 0. The number of nitrogen functional groups attached to an aromatic ring is 1. The van der Waals surface area contributed by atoms with Gasteiger partial charge in [0.25, 0.3) is 0 Å². The maximum atomic E-state index is 12.7. The topological polar surface area (TPSA) is 38.4 Å². The number of halogens is 3. The number of nitrogens with two attached hydrogens (primary N) is 1. The average Bonchev–Trinajstić information content (AvgIpc) is 2.36. The Bertz CT molecular complexity index is 516. The van der Waals surface area contributed by atoms with Crippen LogP contribution in [-0.4, -0.2) is 18.4 Å². The van der Waals surface area contributed by atoms with Gasteiger partial charge in [0.1, 0.15) is 6.04 Å². The van der Waals surface area contributed by atoms with Gasteiger partial charge < -0.3 is 5.73 Å². The van der Waals surface area contributed by atoms with Crippen molar-refractivity contribution in [1.82, 2.24) is 0 Å². The molecule has 1 atom stereocenters. The molecule has 0 aromatic heterocycles. The van der Waals surface area contributed by atoms with Gasteiger partial charge in [-0.25, -0.2) is 0 Å². The summed E-state index contributed by atoms with van der Waals surface area (Å²) >= 11 is 0. The number of benzene rings is 1. The van der Waals surface area contributed by atoms with E-state index in [1.807, 2.05) is 19.1 Å². The highest BCUT2D eigenvalue weighted by Crippen LogP contribution is 2.26. The number of aryl methyl sites for hydroxylation is 1. The summed E-state index contributed by atoms with van der Waals surface area (Å²) in [6.07, 6.45) is -1.44. The minimum absolute atomic E-state index is 0.0830. The van der Waals surface area contributed by atoms with Crippen LogP contribution >= 0.6 is 0 Å². The molecular formula is C15H19F3N2. The molecule has 1 rings (SSSR count). The van der Waals surface area contributed by atoms with Gasteiger partial charge in [-0.05, 0) is 38.0 Å². The standard InChI is InChI=1S/C15H19F3N2/c1-4-11(9-20-14(5-2)15(16,17)18)12-8-10(3)6-7-13(12)19/h4,6-9,14H,5,19H2,1-3H3/b11-4+,20-9?. The van der Waals surface area contributed by atoms with Crippen LogP contribution in [0.5, 0.6) is 0 Å². The Hall–Kier alpha value is -1.78. The highest BCUT2D eigenvalue weighted by Gasteiger charge is 2.37. The van der Waals surface area contributed by atoms with E-state index in [4.69, 9.17) is 5.73 Å². The molecule has 0 aliphatic heterocycles. The average molecular weight is 284 g/mol. The van der Waals surface area contributed by atoms with Crippen molar-refractivity contribution in [3.05, 3.63) is 35.4 Å². The third-order valence-electron chi connectivity index (χ3n) is 2.99. The molecule has 0 saturated carbocycles. The van der Waals surface area contributed by atoms with E-state index in [0.717, 1.165) is 5.56 Å². The lowest BCUT2D eigenvalue weighted by atomic mass is 10.0. The molecule has 0 heterocycles. The summed E-state index contributed by atoms with van der Waals surface area (Å²) in [6.45, 7) is 5.11. The Morgan fingerprint density at radius 3 is 2.55 bits per heavy atom. The van der Waals surface area contributed by atoms with Crippen molar-refractivity contribution in [2.45, 2.75) is 39.4 Å². The number of anilines is 1. The summed E-state index contributed by atoms with van der Waals surface area (Å²) in [5.41, 5.74) is 8.67. The van der Waals surface area contributed by atoms with E-state index in [9.17, 15) is 13.2 Å². The minimum atomic E-state index is -4.32. The second-order valence-electron chi connectivity index (χ2n) is 4.58. The van der Waals surface area contributed by atoms with E-state index in [0.29, 0.717) is 16.8 Å². The van der Waals surface area contributed by atoms with Crippen molar-refractivity contribution in [2.24, 2.45) is 4.99 Å². The van der Waals surface area contributed by atoms with Crippen LogP contribution in [0.25, 0.3) is 5.57 Å². The summed E-state index contributed by atoms with van der Waals surface area (Å²) in [5.74, 6) is 0. The molecule has 0 saturated heterocycles. The van der Waals surface area contributed by atoms with E-state index in [1.54, 1.807) is 19.1 Å². The molecule has 0 aliphatic rings. The molecule has 0 bridgehead atoms. The van der Waals surface area contributed by atoms with Gasteiger partial charge in [0.05, 0.1) is 0 Å². The zero-order valence-electron chi connectivity index (χ0n) is 11.8. The molecule has 0 amide bonds. The fourth-order valence-corrected chi connectivity index (χ4v) is 1.81. The number of hydrogen-bond donors (Lipinski definition) is 1. The Kier molecular flexibility index (Phi) is 5.36. The normalized spacial score (nSPS) is 14.8. The SMILES string of the molecule is C/C=C(\C=NC(CC)C(F)(F)F)c1cc(C)ccc1N. The van der Waals surface area contributed by atoms with E-state index in [2.05, 4.69) is 4.99 Å². The summed E-state index contributed by atoms with van der Waals surface area (Å²) in [4.78, 5) is 3.66. The molecule has 1 aromatic rings. The molecule has 20 heavy (non-hydrogen) atoms. The van der Waals surface area contributed by atoms with Gasteiger partial charge in [0.15, 0.2) is 0 Å². The van der Waals surface area contributed by atoms with Crippen molar-refractivity contribution in [3.63, 3.8) is 0 Å². The second-order valence-corrected chi connectivity index (χ2v) is 4.58. The maximum absolute atomic E-state index is 12.7. The number of aliphatic imine (C=N–C) groups is 1. The molecule has 1 aromatic carbocycles. The first-order chi connectivity index (χ1) is 9.29. The fraction of sp³-hybridized carbons (Fsp3) is 0.400. The molecular weight excluding hydrogens is 265 g/mol. The molecule has 0 spiro atoms. The number of alkyl halides is 3. The van der Waals surface area contributed by atoms with Crippen LogP contribution < -0.4 is 5.73 Å². The van der Waals surface area contributed by atoms with Gasteiger partial charge in [-0.2, -0.15) is 13.2 Å². The predicted molar refractivity (Wildman–Crippen MR) is 77.9 cm³/mol. The number of hydrogen-bond acceptors (Lipinski definition) is 2. The molecule has 1 unspecified atom stereocenters. The van der Waals surface area contributed by atoms with Gasteiger partial charge in [-0.1, -0.05) is 24.6 Å². The third-order valence-corrected chi connectivity index (χ3v) is 2.99. The monoisotopic (exact) mass is 284 g/mol. The molecule has 0 radical (unpaired) electrons. The highest BCUT2D eigenvalue weighted by molar-refractivity contribution is 6.11. The second kappa shape index (κ2) is 6.59. The van der Waals surface area contributed by atoms with Crippen molar-refractivity contribution >= 4 is 17.5 Å². The van der Waals surface area contributed by atoms with Gasteiger partial charge in [-0.15, -0.1) is 0 Å². The largest absolute Gasteiger partial charge is 0.410 e. The molecule has 2 nitrogen and oxygen atoms in total. The lowest BCUT2D eigenvalue weighted by Gasteiger charge is -2.14. The van der Waals surface area contributed by atoms with E-state index in [1.165, 1.54) is 13.1 Å². The van der Waals surface area contributed by atoms with E-state index in [-0.39, 0.29) is 6.42 Å². The Morgan fingerprint density at radius 1 is 1.40 bits per heavy atom. The van der Waals surface area contributed by atoms with E-state index < -0.39 is 12.2 Å². The Labute approximate surface area is 117 Å². The zero-order chi connectivity index (χ0) is 15.3. The number of allylic oxidation sites excluding steroid dienone is 2. The summed E-state index contributed by atoms with van der Waals surface area (Å²) in [7, 11) is 0. The highest BCUT2D eigenvalue weighted by atomic mass is 19.4. The van der Waals surface area contributed by atoms with Crippen LogP contribution in [0.2, 0.25) is 0 Å². The molecule has 0 fully saturated rings. The summed E-state index contributed by atoms with van der Waals surface area (Å²) in [6, 6.07) is 3.76. The summed E-state index contributed by atoms with van der Waals surface area (Å²) < 4.78 is 38.0. The quantitative estimate of drug-likeness (QED) is 0.646. The van der Waals surface area contributed by atoms with Crippen molar-refractivity contribution in [1.29, 1.82) is 0 Å². The molecule has 5 heteroatoms. The van der Waals surface area contributed by atoms with Gasteiger partial charge in [-0.3, -0.25) is 4.99 Å². The van der Waals surface area contributed by atoms with Crippen LogP contribution in [0, 0.1) is 6.92 Å². The smallest absolute Gasteiger partial charge is 0.398 e. The van der Waals surface area contributed by atoms with Crippen LogP contribution in [0.3, 0.4) is 0 Å². The molecule has 110 valence electrons. The Morgan fingerprint density at radius 2 is 2.05 bits per heavy atom. The zero-order valence-corrected chi connectivity index (χ0v) is 11.8. The van der Waals surface area contributed by atoms with Crippen LogP contribution in [-0.2, 0) is 0 Å². The van der Waals surface area contributed by atoms with E-state index >= 15 is 0 Å². The lowest BCUT2D eigenvalue weighted by molar-refractivity contribution is -0.147. The van der Waals surface area contributed by atoms with Crippen molar-refractivity contribution in [2.75, 3.05) is 5.73 Å². The van der Waals surface area contributed by atoms with Gasteiger partial charge in [0.2, 0.25) is 0 Å². The minimum Gasteiger partial charge on any atom is -0.398 e. The van der Waals surface area contributed by atoms with Gasteiger partial charge >= 0.3 is 6.18 Å². The van der Waals surface area contributed by atoms with Gasteiger partial charge in [0, 0.05) is 17.5 Å². The number of rotatable bonds is 4. The van der Waals surface area contributed by atoms with Crippen LogP contribution in [0.1, 0.15) is 31.4 Å². The third kappa shape index (κ3) is 4.11. The fourth-order valence-electron chi connectivity index (χ4n) is 1.81. The van der Waals surface area contributed by atoms with Crippen LogP contribution in [0.15, 0.2) is 29.3 Å². The molecule has 0 aliphatic carbocycles. The predicted octanol–water partition coefficient (Wildman–Crippen LogP) is 4.39. The van der Waals surface area contributed by atoms with Crippen molar-refractivity contribution < 1.29 is 13.2 Å². The maximum Gasteiger partial charge on any atom is 0.410 e. The number of nitrogens with zero attached hydrogens (tertiary/aromatic N) is 1. The first kappa shape index (κ1) is 16.3. The first-order valence-electron chi connectivity index (χ1n) is 6.42. The Balaban J connectivity index is 3.07. The molecule has 2 N–H and O–H groups in total. The first-order valence-corrected chi connectivity index (χ1v) is 6.42. The van der Waals surface area contributed by atoms with Crippen LogP contribution in [0.4, 0.5) is 18.9 Å². The van der Waals surface area contributed by atoms with Crippen molar-refractivity contribution in [3.8, 4) is 0 Å². The lowest BCUT2D eigenvalue weighted by Crippen LogP contribution is -2.26.